The van der Waals surface area contributed by atoms with Crippen LogP contribution in [0.1, 0.15) is 28.8 Å². The summed E-state index contributed by atoms with van der Waals surface area (Å²) < 4.78 is 16.2. The van der Waals surface area contributed by atoms with Gasteiger partial charge in [0.05, 0.1) is 19.8 Å². The normalized spacial score (nSPS) is 17.4. The van der Waals surface area contributed by atoms with Gasteiger partial charge in [-0.25, -0.2) is 19.6 Å². The van der Waals surface area contributed by atoms with E-state index in [4.69, 9.17) is 14.2 Å². The number of benzene rings is 2. The van der Waals surface area contributed by atoms with Gasteiger partial charge in [-0.15, -0.1) is 0 Å². The zero-order valence-electron chi connectivity index (χ0n) is 17.6. The highest BCUT2D eigenvalue weighted by Crippen LogP contribution is 2.42. The van der Waals surface area contributed by atoms with Gasteiger partial charge in [-0.05, 0) is 41.8 Å². The Balaban J connectivity index is 1.67. The van der Waals surface area contributed by atoms with Gasteiger partial charge in [0, 0.05) is 35.6 Å². The SMILES string of the molecule is COc1cc2cc3c(c(-c4cnc(N5CCC[C@H]5C(=O)O)nc4)c2cc1OC)C(=O)OC3. The predicted molar refractivity (Wildman–Crippen MR) is 115 cm³/mol. The van der Waals surface area contributed by atoms with Crippen molar-refractivity contribution in [2.75, 3.05) is 25.7 Å². The van der Waals surface area contributed by atoms with Crippen molar-refractivity contribution < 1.29 is 28.9 Å². The molecule has 9 heteroatoms. The van der Waals surface area contributed by atoms with Crippen molar-refractivity contribution in [1.82, 2.24) is 9.97 Å². The van der Waals surface area contributed by atoms with E-state index in [1.54, 1.807) is 31.5 Å². The fourth-order valence-electron chi connectivity index (χ4n) is 4.51. The van der Waals surface area contributed by atoms with Crippen molar-refractivity contribution in [3.05, 3.63) is 41.7 Å². The number of fused-ring (bicyclic) bond motifs is 2. The quantitative estimate of drug-likeness (QED) is 0.605. The molecule has 32 heavy (non-hydrogen) atoms. The number of anilines is 1. The summed E-state index contributed by atoms with van der Waals surface area (Å²) in [7, 11) is 3.12. The zero-order valence-corrected chi connectivity index (χ0v) is 17.6. The second-order valence-electron chi connectivity index (χ2n) is 7.75. The zero-order chi connectivity index (χ0) is 22.4. The molecule has 1 saturated heterocycles. The summed E-state index contributed by atoms with van der Waals surface area (Å²) in [6.45, 7) is 0.780. The molecule has 0 unspecified atom stereocenters. The van der Waals surface area contributed by atoms with E-state index in [2.05, 4.69) is 9.97 Å². The molecule has 9 nitrogen and oxygen atoms in total. The molecule has 0 saturated carbocycles. The maximum atomic E-state index is 12.6. The Bertz CT molecular complexity index is 1240. The Hall–Kier alpha value is -3.88. The van der Waals surface area contributed by atoms with Gasteiger partial charge in [-0.1, -0.05) is 0 Å². The Kier molecular flexibility index (Phi) is 4.80. The first-order chi connectivity index (χ1) is 15.5. The van der Waals surface area contributed by atoms with Crippen molar-refractivity contribution in [1.29, 1.82) is 0 Å². The molecule has 1 N–H and O–H groups in total. The molecule has 5 rings (SSSR count). The number of methoxy groups -OCH3 is 2. The molecule has 3 heterocycles. The predicted octanol–water partition coefficient (Wildman–Crippen LogP) is 3.04. The van der Waals surface area contributed by atoms with Gasteiger partial charge in [-0.2, -0.15) is 0 Å². The molecule has 3 aromatic rings. The van der Waals surface area contributed by atoms with Crippen LogP contribution in [-0.2, 0) is 16.1 Å². The molecule has 1 fully saturated rings. The second kappa shape index (κ2) is 7.67. The third kappa shape index (κ3) is 3.08. The van der Waals surface area contributed by atoms with E-state index < -0.39 is 18.0 Å². The largest absolute Gasteiger partial charge is 0.493 e. The number of hydrogen-bond donors (Lipinski definition) is 1. The highest BCUT2D eigenvalue weighted by atomic mass is 16.5. The third-order valence-electron chi connectivity index (χ3n) is 6.01. The van der Waals surface area contributed by atoms with Crippen LogP contribution in [-0.4, -0.2) is 53.8 Å². The molecule has 164 valence electrons. The van der Waals surface area contributed by atoms with E-state index >= 15 is 0 Å². The van der Waals surface area contributed by atoms with E-state index in [-0.39, 0.29) is 6.61 Å². The third-order valence-corrected chi connectivity index (χ3v) is 6.01. The summed E-state index contributed by atoms with van der Waals surface area (Å²) in [6.07, 6.45) is 4.57. The molecule has 0 amide bonds. The minimum atomic E-state index is -0.883. The molecule has 1 atom stereocenters. The fraction of sp³-hybridized carbons (Fsp3) is 0.304. The molecule has 0 bridgehead atoms. The lowest BCUT2D eigenvalue weighted by Crippen LogP contribution is -2.36. The number of aliphatic carboxylic acids is 1. The summed E-state index contributed by atoms with van der Waals surface area (Å²) >= 11 is 0. The van der Waals surface area contributed by atoms with Crippen LogP contribution in [0.5, 0.6) is 11.5 Å². The number of esters is 1. The van der Waals surface area contributed by atoms with Crippen molar-refractivity contribution >= 4 is 28.7 Å². The molecule has 0 aliphatic carbocycles. The lowest BCUT2D eigenvalue weighted by atomic mass is 9.91. The minimum Gasteiger partial charge on any atom is -0.493 e. The summed E-state index contributed by atoms with van der Waals surface area (Å²) in [5, 5.41) is 11.1. The van der Waals surface area contributed by atoms with Gasteiger partial charge in [0.2, 0.25) is 5.95 Å². The van der Waals surface area contributed by atoms with E-state index in [1.165, 1.54) is 0 Å². The highest BCUT2D eigenvalue weighted by molar-refractivity contribution is 6.11. The van der Waals surface area contributed by atoms with E-state index in [9.17, 15) is 14.7 Å². The molecule has 2 aliphatic heterocycles. The maximum Gasteiger partial charge on any atom is 0.339 e. The number of aromatic nitrogens is 2. The topological polar surface area (TPSA) is 111 Å². The Morgan fingerprint density at radius 3 is 2.53 bits per heavy atom. The summed E-state index contributed by atoms with van der Waals surface area (Å²) in [6, 6.07) is 4.97. The first-order valence-electron chi connectivity index (χ1n) is 10.2. The average Bonchev–Trinajstić information content (AvgIpc) is 3.44. The van der Waals surface area contributed by atoms with Gasteiger partial charge < -0.3 is 24.2 Å². The summed E-state index contributed by atoms with van der Waals surface area (Å²) in [5.41, 5.74) is 2.54. The minimum absolute atomic E-state index is 0.193. The monoisotopic (exact) mass is 435 g/mol. The van der Waals surface area contributed by atoms with Crippen LogP contribution in [0.25, 0.3) is 21.9 Å². The van der Waals surface area contributed by atoms with Crippen LogP contribution in [0, 0.1) is 0 Å². The van der Waals surface area contributed by atoms with Crippen molar-refractivity contribution in [3.63, 3.8) is 0 Å². The molecule has 2 aromatic carbocycles. The molecular weight excluding hydrogens is 414 g/mol. The number of rotatable bonds is 5. The van der Waals surface area contributed by atoms with Crippen LogP contribution < -0.4 is 14.4 Å². The Labute approximate surface area is 183 Å². The summed E-state index contributed by atoms with van der Waals surface area (Å²) in [5.74, 6) is 0.187. The van der Waals surface area contributed by atoms with Gasteiger partial charge in [-0.3, -0.25) is 0 Å². The number of carbonyl (C=O) groups excluding carboxylic acids is 1. The Morgan fingerprint density at radius 1 is 1.12 bits per heavy atom. The van der Waals surface area contributed by atoms with Crippen molar-refractivity contribution in [2.24, 2.45) is 0 Å². The lowest BCUT2D eigenvalue weighted by molar-refractivity contribution is -0.138. The first kappa shape index (κ1) is 20.0. The fourth-order valence-corrected chi connectivity index (χ4v) is 4.51. The van der Waals surface area contributed by atoms with Crippen molar-refractivity contribution in [3.8, 4) is 22.6 Å². The van der Waals surface area contributed by atoms with Crippen LogP contribution in [0.15, 0.2) is 30.6 Å². The highest BCUT2D eigenvalue weighted by Gasteiger charge is 2.33. The van der Waals surface area contributed by atoms with Gasteiger partial charge >= 0.3 is 11.9 Å². The molecule has 0 radical (unpaired) electrons. The van der Waals surface area contributed by atoms with Gasteiger partial charge in [0.1, 0.15) is 12.6 Å². The number of carbonyl (C=O) groups is 2. The van der Waals surface area contributed by atoms with Crippen molar-refractivity contribution in [2.45, 2.75) is 25.5 Å². The van der Waals surface area contributed by atoms with Crippen LogP contribution in [0.2, 0.25) is 0 Å². The van der Waals surface area contributed by atoms with Gasteiger partial charge in [0.25, 0.3) is 0 Å². The standard InChI is InChI=1S/C23H21N3O6/c1-30-17-7-12-6-13-11-32-22(29)20(13)19(15(12)8-18(17)31-2)14-9-24-23(25-10-14)26-5-3-4-16(26)21(27)28/h6-10,16H,3-5,11H2,1-2H3,(H,27,28)/t16-/m0/s1. The number of carboxylic acid groups (broad SMARTS) is 1. The number of nitrogens with zero attached hydrogens (tertiary/aromatic N) is 3. The summed E-state index contributed by atoms with van der Waals surface area (Å²) in [4.78, 5) is 34.7. The van der Waals surface area contributed by atoms with E-state index in [0.29, 0.717) is 47.1 Å². The average molecular weight is 435 g/mol. The second-order valence-corrected chi connectivity index (χ2v) is 7.75. The van der Waals surface area contributed by atoms with E-state index in [1.807, 2.05) is 18.2 Å². The number of ether oxygens (including phenoxy) is 3. The van der Waals surface area contributed by atoms with E-state index in [0.717, 1.165) is 22.8 Å². The number of cyclic esters (lactones) is 1. The molecule has 2 aliphatic rings. The first-order valence-corrected chi connectivity index (χ1v) is 10.2. The number of carboxylic acids is 1. The smallest absolute Gasteiger partial charge is 0.339 e. The molecule has 1 aromatic heterocycles. The lowest BCUT2D eigenvalue weighted by Gasteiger charge is -2.21. The van der Waals surface area contributed by atoms with Gasteiger partial charge in [0.15, 0.2) is 11.5 Å². The van der Waals surface area contributed by atoms with Crippen LogP contribution in [0.3, 0.4) is 0 Å². The van der Waals surface area contributed by atoms with Crippen LogP contribution >= 0.6 is 0 Å². The number of hydrogen-bond acceptors (Lipinski definition) is 8. The van der Waals surface area contributed by atoms with Crippen LogP contribution in [0.4, 0.5) is 5.95 Å². The maximum absolute atomic E-state index is 12.6. The Morgan fingerprint density at radius 2 is 1.84 bits per heavy atom. The molecule has 0 spiro atoms. The molecular formula is C23H21N3O6.